The quantitative estimate of drug-likeness (QED) is 0.689. The van der Waals surface area contributed by atoms with E-state index in [-0.39, 0.29) is 5.41 Å². The van der Waals surface area contributed by atoms with Crippen molar-refractivity contribution in [2.24, 2.45) is 11.3 Å². The first-order valence-corrected chi connectivity index (χ1v) is 6.52. The zero-order chi connectivity index (χ0) is 12.6. The Morgan fingerprint density at radius 2 is 1.69 bits per heavy atom. The minimum Gasteiger partial charge on any atom is -0.306 e. The minimum atomic E-state index is -0.117. The van der Waals surface area contributed by atoms with Crippen LogP contribution in [0.15, 0.2) is 0 Å². The zero-order valence-electron chi connectivity index (χ0n) is 11.8. The van der Waals surface area contributed by atoms with Gasteiger partial charge in [-0.05, 0) is 45.3 Å². The molecule has 0 N–H and O–H groups in total. The molecule has 0 aromatic heterocycles. The second-order valence-electron chi connectivity index (χ2n) is 6.07. The number of aldehydes is 1. The summed E-state index contributed by atoms with van der Waals surface area (Å²) in [5.74, 6) is 0.616. The first-order valence-electron chi connectivity index (χ1n) is 6.52. The van der Waals surface area contributed by atoms with Gasteiger partial charge in [0.15, 0.2) is 0 Å². The molecule has 0 unspecified atom stereocenters. The Morgan fingerprint density at radius 3 is 1.88 bits per heavy atom. The van der Waals surface area contributed by atoms with Gasteiger partial charge in [0.25, 0.3) is 0 Å². The smallest absolute Gasteiger partial charge is 0.125 e. The van der Waals surface area contributed by atoms with Crippen molar-refractivity contribution in [1.82, 2.24) is 4.90 Å². The molecule has 1 fully saturated rings. The summed E-state index contributed by atoms with van der Waals surface area (Å²) in [6, 6.07) is 0. The molecule has 1 aliphatic heterocycles. The average Bonchev–Trinajstić information content (AvgIpc) is 2.18. The standard InChI is InChI=1S/C8H16O.C6H13N/c1-7(2)5-8(3,4)6-9;1-7-5-3-2-4-6-7/h6-7H,5H2,1-4H3;2-6H2,1H3. The van der Waals surface area contributed by atoms with Crippen molar-refractivity contribution < 1.29 is 4.79 Å². The Hall–Kier alpha value is -0.370. The van der Waals surface area contributed by atoms with E-state index in [1.807, 2.05) is 13.8 Å². The maximum absolute atomic E-state index is 10.4. The van der Waals surface area contributed by atoms with Gasteiger partial charge in [0.1, 0.15) is 6.29 Å². The van der Waals surface area contributed by atoms with Gasteiger partial charge in [0, 0.05) is 5.41 Å². The molecule has 1 saturated heterocycles. The van der Waals surface area contributed by atoms with E-state index in [0.717, 1.165) is 12.7 Å². The summed E-state index contributed by atoms with van der Waals surface area (Å²) in [7, 11) is 2.19. The molecule has 1 aliphatic rings. The monoisotopic (exact) mass is 227 g/mol. The summed E-state index contributed by atoms with van der Waals surface area (Å²) in [6.07, 6.45) is 6.29. The summed E-state index contributed by atoms with van der Waals surface area (Å²) >= 11 is 0. The van der Waals surface area contributed by atoms with Crippen LogP contribution in [0.25, 0.3) is 0 Å². The molecule has 96 valence electrons. The molecule has 0 bridgehead atoms. The van der Waals surface area contributed by atoms with Crippen LogP contribution in [-0.4, -0.2) is 31.3 Å². The SMILES string of the molecule is CC(C)CC(C)(C)C=O.CN1CCCCC1. The van der Waals surface area contributed by atoms with Crippen LogP contribution in [0.3, 0.4) is 0 Å². The van der Waals surface area contributed by atoms with Gasteiger partial charge in [-0.25, -0.2) is 0 Å². The van der Waals surface area contributed by atoms with Gasteiger partial charge in [-0.3, -0.25) is 0 Å². The molecule has 0 amide bonds. The highest BCUT2D eigenvalue weighted by Crippen LogP contribution is 2.21. The van der Waals surface area contributed by atoms with Crippen molar-refractivity contribution >= 4 is 6.29 Å². The van der Waals surface area contributed by atoms with Crippen LogP contribution >= 0.6 is 0 Å². The van der Waals surface area contributed by atoms with E-state index >= 15 is 0 Å². The highest BCUT2D eigenvalue weighted by molar-refractivity contribution is 5.57. The second-order valence-corrected chi connectivity index (χ2v) is 6.07. The van der Waals surface area contributed by atoms with Crippen molar-refractivity contribution in [3.8, 4) is 0 Å². The van der Waals surface area contributed by atoms with Crippen LogP contribution in [-0.2, 0) is 4.79 Å². The van der Waals surface area contributed by atoms with Crippen LogP contribution in [0.4, 0.5) is 0 Å². The molecule has 0 aromatic carbocycles. The Bertz CT molecular complexity index is 181. The van der Waals surface area contributed by atoms with Gasteiger partial charge in [0.2, 0.25) is 0 Å². The average molecular weight is 227 g/mol. The molecule has 16 heavy (non-hydrogen) atoms. The molecule has 2 nitrogen and oxygen atoms in total. The van der Waals surface area contributed by atoms with Gasteiger partial charge < -0.3 is 9.69 Å². The summed E-state index contributed by atoms with van der Waals surface area (Å²) in [5, 5.41) is 0. The molecular weight excluding hydrogens is 198 g/mol. The van der Waals surface area contributed by atoms with Crippen molar-refractivity contribution in [2.75, 3.05) is 20.1 Å². The zero-order valence-corrected chi connectivity index (χ0v) is 11.8. The highest BCUT2D eigenvalue weighted by Gasteiger charge is 2.17. The van der Waals surface area contributed by atoms with Gasteiger partial charge in [-0.1, -0.05) is 34.1 Å². The number of hydrogen-bond acceptors (Lipinski definition) is 2. The fourth-order valence-corrected chi connectivity index (χ4v) is 2.15. The largest absolute Gasteiger partial charge is 0.306 e. The van der Waals surface area contributed by atoms with Crippen molar-refractivity contribution in [3.05, 3.63) is 0 Å². The number of carbonyl (C=O) groups is 1. The van der Waals surface area contributed by atoms with Crippen LogP contribution in [0.2, 0.25) is 0 Å². The first-order chi connectivity index (χ1) is 7.37. The lowest BCUT2D eigenvalue weighted by molar-refractivity contribution is -0.115. The van der Waals surface area contributed by atoms with Crippen molar-refractivity contribution in [1.29, 1.82) is 0 Å². The number of nitrogens with zero attached hydrogens (tertiary/aromatic N) is 1. The van der Waals surface area contributed by atoms with Gasteiger partial charge in [0.05, 0.1) is 0 Å². The normalized spacial score (nSPS) is 17.9. The lowest BCUT2D eigenvalue weighted by atomic mass is 9.86. The number of rotatable bonds is 3. The molecule has 1 rings (SSSR count). The van der Waals surface area contributed by atoms with E-state index in [9.17, 15) is 4.79 Å². The van der Waals surface area contributed by atoms with Crippen LogP contribution in [0.5, 0.6) is 0 Å². The molecule has 0 spiro atoms. The van der Waals surface area contributed by atoms with E-state index in [2.05, 4.69) is 25.8 Å². The lowest BCUT2D eigenvalue weighted by Gasteiger charge is -2.20. The minimum absolute atomic E-state index is 0.117. The third kappa shape index (κ3) is 8.90. The van der Waals surface area contributed by atoms with E-state index in [1.54, 1.807) is 0 Å². The van der Waals surface area contributed by atoms with Gasteiger partial charge in [-0.15, -0.1) is 0 Å². The topological polar surface area (TPSA) is 20.3 Å². The fourth-order valence-electron chi connectivity index (χ4n) is 2.15. The van der Waals surface area contributed by atoms with E-state index in [1.165, 1.54) is 32.4 Å². The summed E-state index contributed by atoms with van der Waals surface area (Å²) < 4.78 is 0. The summed E-state index contributed by atoms with van der Waals surface area (Å²) in [5.41, 5.74) is -0.117. The van der Waals surface area contributed by atoms with Crippen LogP contribution < -0.4 is 0 Å². The first kappa shape index (κ1) is 15.6. The highest BCUT2D eigenvalue weighted by atomic mass is 16.1. The number of likely N-dealkylation sites (tertiary alicyclic amines) is 1. The van der Waals surface area contributed by atoms with E-state index < -0.39 is 0 Å². The van der Waals surface area contributed by atoms with Gasteiger partial charge in [-0.2, -0.15) is 0 Å². The second kappa shape index (κ2) is 7.83. The van der Waals surface area contributed by atoms with Crippen LogP contribution in [0, 0.1) is 11.3 Å². The Balaban J connectivity index is 0.000000288. The Morgan fingerprint density at radius 1 is 1.19 bits per heavy atom. The molecule has 0 aromatic rings. The Kier molecular flexibility index (Phi) is 7.65. The molecule has 0 atom stereocenters. The Labute approximate surface area is 101 Å². The molecule has 1 heterocycles. The lowest BCUT2D eigenvalue weighted by Crippen LogP contribution is -2.24. The number of piperidine rings is 1. The number of carbonyl (C=O) groups excluding carboxylic acids is 1. The van der Waals surface area contributed by atoms with E-state index in [0.29, 0.717) is 5.92 Å². The predicted octanol–water partition coefficient (Wildman–Crippen LogP) is 3.36. The fraction of sp³-hybridized carbons (Fsp3) is 0.929. The maximum Gasteiger partial charge on any atom is 0.125 e. The van der Waals surface area contributed by atoms with Crippen molar-refractivity contribution in [3.63, 3.8) is 0 Å². The molecule has 0 radical (unpaired) electrons. The van der Waals surface area contributed by atoms with Crippen LogP contribution in [0.1, 0.15) is 53.4 Å². The van der Waals surface area contributed by atoms with E-state index in [4.69, 9.17) is 0 Å². The molecule has 2 heteroatoms. The summed E-state index contributed by atoms with van der Waals surface area (Å²) in [6.45, 7) is 10.8. The molecular formula is C14H29NO. The number of hydrogen-bond donors (Lipinski definition) is 0. The van der Waals surface area contributed by atoms with Gasteiger partial charge >= 0.3 is 0 Å². The maximum atomic E-state index is 10.4. The predicted molar refractivity (Wildman–Crippen MR) is 70.6 cm³/mol. The third-order valence-electron chi connectivity index (χ3n) is 2.83. The molecule has 0 aliphatic carbocycles. The third-order valence-corrected chi connectivity index (χ3v) is 2.83. The summed E-state index contributed by atoms with van der Waals surface area (Å²) in [4.78, 5) is 12.8. The van der Waals surface area contributed by atoms with Crippen molar-refractivity contribution in [2.45, 2.75) is 53.4 Å². The molecule has 0 saturated carbocycles.